The van der Waals surface area contributed by atoms with Crippen LogP contribution in [0.2, 0.25) is 0 Å². The molecule has 0 aliphatic carbocycles. The second-order valence-corrected chi connectivity index (χ2v) is 13.1. The monoisotopic (exact) mass is 572 g/mol. The Hall–Kier alpha value is -4.21. The van der Waals surface area contributed by atoms with Crippen molar-refractivity contribution in [2.24, 2.45) is 0 Å². The summed E-state index contributed by atoms with van der Waals surface area (Å²) in [5, 5.41) is 14.0. The Labute approximate surface area is 239 Å². The number of pyridine rings is 3. The van der Waals surface area contributed by atoms with Crippen LogP contribution in [0.1, 0.15) is 24.0 Å². The molecule has 0 spiro atoms. The molecule has 3 unspecified atom stereocenters. The van der Waals surface area contributed by atoms with Gasteiger partial charge < -0.3 is 14.4 Å². The highest BCUT2D eigenvalue weighted by molar-refractivity contribution is 7.91. The van der Waals surface area contributed by atoms with E-state index in [2.05, 4.69) is 32.0 Å². The number of aromatic nitrogens is 4. The number of piperidine rings is 1. The normalized spacial score (nSPS) is 19.8. The Bertz CT molecular complexity index is 1690. The van der Waals surface area contributed by atoms with Crippen LogP contribution in [-0.4, -0.2) is 79.6 Å². The number of hydrogen-bond acceptors (Lipinski definition) is 10. The van der Waals surface area contributed by atoms with Gasteiger partial charge in [0.15, 0.2) is 0 Å². The van der Waals surface area contributed by atoms with E-state index in [0.717, 1.165) is 36.6 Å². The number of rotatable bonds is 10. The van der Waals surface area contributed by atoms with Gasteiger partial charge in [-0.05, 0) is 36.6 Å². The molecular weight excluding hydrogens is 540 g/mol. The van der Waals surface area contributed by atoms with Gasteiger partial charge in [0.1, 0.15) is 17.6 Å². The van der Waals surface area contributed by atoms with E-state index in [9.17, 15) is 9.47 Å². The Kier molecular flexibility index (Phi) is 7.23. The highest BCUT2D eigenvalue weighted by Gasteiger charge is 2.44. The van der Waals surface area contributed by atoms with Crippen molar-refractivity contribution in [1.82, 2.24) is 24.5 Å². The van der Waals surface area contributed by atoms with Crippen molar-refractivity contribution in [2.75, 3.05) is 43.7 Å². The maximum atomic E-state index is 11.7. The number of anilines is 1. The van der Waals surface area contributed by atoms with Crippen LogP contribution in [0.4, 0.5) is 5.82 Å². The average molecular weight is 573 g/mol. The Morgan fingerprint density at radius 2 is 1.98 bits per heavy atom. The molecule has 0 radical (unpaired) electrons. The van der Waals surface area contributed by atoms with Crippen molar-refractivity contribution in [3.05, 3.63) is 66.2 Å². The minimum atomic E-state index is -2.55. The number of ether oxygens (including phenoxy) is 2. The maximum Gasteiger partial charge on any atom is 0.212 e. The fraction of sp³-hybridized carbons (Fsp3) is 0.379. The smallest absolute Gasteiger partial charge is 0.212 e. The van der Waals surface area contributed by atoms with Crippen LogP contribution in [0.5, 0.6) is 11.6 Å². The lowest BCUT2D eigenvalue weighted by Gasteiger charge is -2.56. The molecule has 7 rings (SSSR count). The number of nitrogens with one attached hydrogen (secondary N) is 1. The summed E-state index contributed by atoms with van der Waals surface area (Å²) in [7, 11) is -0.928. The molecule has 3 saturated heterocycles. The van der Waals surface area contributed by atoms with Gasteiger partial charge >= 0.3 is 0 Å². The van der Waals surface area contributed by atoms with E-state index in [1.165, 1.54) is 18.2 Å². The van der Waals surface area contributed by atoms with Crippen molar-refractivity contribution < 1.29 is 13.7 Å². The van der Waals surface area contributed by atoms with Gasteiger partial charge in [-0.1, -0.05) is 6.07 Å². The van der Waals surface area contributed by atoms with E-state index in [0.29, 0.717) is 47.8 Å². The van der Waals surface area contributed by atoms with Gasteiger partial charge in [-0.25, -0.2) is 14.5 Å². The average Bonchev–Trinajstić information content (AvgIpc) is 3.41. The molecule has 4 aromatic heterocycles. The molecule has 11 nitrogen and oxygen atoms in total. The number of nitriles is 1. The van der Waals surface area contributed by atoms with Gasteiger partial charge in [0, 0.05) is 83.0 Å². The molecule has 0 saturated carbocycles. The summed E-state index contributed by atoms with van der Waals surface area (Å²) < 4.78 is 32.0. The number of hydrogen-bond donors (Lipinski definition) is 1. The molecule has 0 aromatic carbocycles. The van der Waals surface area contributed by atoms with E-state index in [-0.39, 0.29) is 5.75 Å². The second kappa shape index (κ2) is 11.0. The third kappa shape index (κ3) is 5.68. The molecule has 41 heavy (non-hydrogen) atoms. The molecule has 3 aliphatic rings. The first-order valence-electron chi connectivity index (χ1n) is 13.5. The summed E-state index contributed by atoms with van der Waals surface area (Å²) in [6.45, 7) is 3.06. The van der Waals surface area contributed by atoms with Gasteiger partial charge in [-0.2, -0.15) is 10.4 Å². The molecular formula is C29H32N8O3S. The first kappa shape index (κ1) is 27.0. The lowest BCUT2D eigenvalue weighted by atomic mass is 9.87. The number of fused-ring (bicyclic) bond motifs is 3. The molecule has 212 valence electrons. The van der Waals surface area contributed by atoms with E-state index >= 15 is 0 Å². The van der Waals surface area contributed by atoms with Crippen molar-refractivity contribution in [3.63, 3.8) is 0 Å². The summed E-state index contributed by atoms with van der Waals surface area (Å²) in [5.74, 6) is 2.43. The second-order valence-electron chi connectivity index (χ2n) is 10.7. The fourth-order valence-corrected chi connectivity index (χ4v) is 6.37. The molecule has 1 N–H and O–H groups in total. The van der Waals surface area contributed by atoms with Crippen molar-refractivity contribution in [3.8, 4) is 28.8 Å². The Balaban J connectivity index is 1.16. The van der Waals surface area contributed by atoms with Crippen LogP contribution >= 0.6 is 0 Å². The Morgan fingerprint density at radius 1 is 1.15 bits per heavy atom. The third-order valence-corrected chi connectivity index (χ3v) is 8.82. The van der Waals surface area contributed by atoms with E-state index in [1.807, 2.05) is 36.7 Å². The molecule has 7 heterocycles. The summed E-state index contributed by atoms with van der Waals surface area (Å²) >= 11 is 0. The highest BCUT2D eigenvalue weighted by atomic mass is 32.2. The topological polar surface area (TPSA) is 133 Å². The first-order valence-corrected chi connectivity index (χ1v) is 15.7. The van der Waals surface area contributed by atoms with Crippen molar-refractivity contribution in [2.45, 2.75) is 31.5 Å². The summed E-state index contributed by atoms with van der Waals surface area (Å²) in [5.41, 5.74) is 4.02. The molecule has 3 fully saturated rings. The minimum absolute atomic E-state index is 0.280. The van der Waals surface area contributed by atoms with Gasteiger partial charge in [0.05, 0.1) is 37.2 Å². The van der Waals surface area contributed by atoms with Crippen LogP contribution in [0.25, 0.3) is 16.6 Å². The lowest BCUT2D eigenvalue weighted by Crippen LogP contribution is -2.68. The predicted octanol–water partition coefficient (Wildman–Crippen LogP) is 3.58. The highest BCUT2D eigenvalue weighted by Crippen LogP contribution is 2.36. The van der Waals surface area contributed by atoms with Crippen molar-refractivity contribution in [1.29, 1.82) is 10.0 Å². The van der Waals surface area contributed by atoms with E-state index in [4.69, 9.17) is 19.2 Å². The fourth-order valence-electron chi connectivity index (χ4n) is 5.70. The van der Waals surface area contributed by atoms with Gasteiger partial charge in [-0.15, -0.1) is 0 Å². The molecule has 3 aliphatic heterocycles. The zero-order valence-electron chi connectivity index (χ0n) is 23.1. The number of methoxy groups -OCH3 is 1. The maximum absolute atomic E-state index is 11.7. The zero-order chi connectivity index (χ0) is 28.6. The standard InChI is InChI=1S/C29H32N8O3S/c1-39-28-7-4-20(13-33-28)16-36-23-10-24(36)18-35(17-23)27-6-5-21(14-32-27)26-11-25(40-8-3-9-41(2,31)38)19-37-29(26)22(12-30)15-34-37/h4-7,11,13-15,19,23-24,31H,3,8-10,16-18H2,1-2H3. The van der Waals surface area contributed by atoms with Crippen LogP contribution in [-0.2, 0) is 16.3 Å². The third-order valence-electron chi connectivity index (χ3n) is 7.75. The largest absolute Gasteiger partial charge is 0.492 e. The minimum Gasteiger partial charge on any atom is -0.492 e. The van der Waals surface area contributed by atoms with E-state index < -0.39 is 9.73 Å². The number of nitrogens with zero attached hydrogens (tertiary/aromatic N) is 7. The first-order chi connectivity index (χ1) is 19.8. The zero-order valence-corrected chi connectivity index (χ0v) is 23.9. The molecule has 12 heteroatoms. The van der Waals surface area contributed by atoms with Crippen LogP contribution in [0.15, 0.2) is 55.1 Å². The molecule has 3 atom stereocenters. The van der Waals surface area contributed by atoms with Gasteiger partial charge in [0.25, 0.3) is 0 Å². The molecule has 4 aromatic rings. The van der Waals surface area contributed by atoms with Gasteiger partial charge in [0.2, 0.25) is 5.88 Å². The van der Waals surface area contributed by atoms with Crippen LogP contribution < -0.4 is 14.4 Å². The SMILES string of the molecule is COc1ccc(CN2C3CC2CN(c2ccc(-c4cc(OCCCS(C)(=N)=O)cn5ncc(C#N)c45)cn2)C3)cn1. The lowest BCUT2D eigenvalue weighted by molar-refractivity contribution is -0.00876. The van der Waals surface area contributed by atoms with Gasteiger partial charge in [-0.3, -0.25) is 13.9 Å². The number of piperazine rings is 1. The van der Waals surface area contributed by atoms with E-state index in [1.54, 1.807) is 24.0 Å². The quantitative estimate of drug-likeness (QED) is 0.283. The molecule has 2 bridgehead atoms. The Morgan fingerprint density at radius 3 is 2.63 bits per heavy atom. The summed E-state index contributed by atoms with van der Waals surface area (Å²) in [6, 6.07) is 13.1. The predicted molar refractivity (Wildman–Crippen MR) is 156 cm³/mol. The van der Waals surface area contributed by atoms with Crippen molar-refractivity contribution >= 4 is 21.1 Å². The summed E-state index contributed by atoms with van der Waals surface area (Å²) in [6.07, 6.45) is 10.2. The van der Waals surface area contributed by atoms with Crippen LogP contribution in [0.3, 0.4) is 0 Å². The van der Waals surface area contributed by atoms with Crippen LogP contribution in [0, 0.1) is 16.1 Å². The summed E-state index contributed by atoms with van der Waals surface area (Å²) in [4.78, 5) is 14.0. The molecule has 0 amide bonds.